The summed E-state index contributed by atoms with van der Waals surface area (Å²) < 4.78 is 5.42. The van der Waals surface area contributed by atoms with E-state index in [-0.39, 0.29) is 11.8 Å². The molecule has 1 atom stereocenters. The summed E-state index contributed by atoms with van der Waals surface area (Å²) in [4.78, 5) is 16.9. The maximum Gasteiger partial charge on any atom is 0.356 e. The summed E-state index contributed by atoms with van der Waals surface area (Å²) in [5, 5.41) is 9.04. The van der Waals surface area contributed by atoms with Crippen molar-refractivity contribution >= 4 is 11.7 Å². The number of nitrogens with zero attached hydrogens (tertiary/aromatic N) is 2. The van der Waals surface area contributed by atoms with Crippen molar-refractivity contribution in [1.82, 2.24) is 4.98 Å². The van der Waals surface area contributed by atoms with Gasteiger partial charge >= 0.3 is 5.97 Å². The fourth-order valence-electron chi connectivity index (χ4n) is 1.85. The van der Waals surface area contributed by atoms with Crippen molar-refractivity contribution < 1.29 is 14.6 Å². The van der Waals surface area contributed by atoms with Crippen molar-refractivity contribution in [2.45, 2.75) is 13.0 Å². The molecule has 86 valence electrons. The number of aromatic carboxylic acids is 1. The van der Waals surface area contributed by atoms with Crippen LogP contribution < -0.4 is 4.90 Å². The van der Waals surface area contributed by atoms with Gasteiger partial charge in [-0.15, -0.1) is 0 Å². The van der Waals surface area contributed by atoms with E-state index in [0.29, 0.717) is 25.4 Å². The number of hydrogen-bond donors (Lipinski definition) is 1. The summed E-state index contributed by atoms with van der Waals surface area (Å²) in [7, 11) is 0. The molecular formula is C11H14N2O3. The summed E-state index contributed by atoms with van der Waals surface area (Å²) in [5.41, 5.74) is 0.779. The predicted molar refractivity (Wildman–Crippen MR) is 58.8 cm³/mol. The fraction of sp³-hybridized carbons (Fsp3) is 0.455. The SMILES string of the molecule is CC1CN(c2cccnc2C(=O)O)CCO1. The van der Waals surface area contributed by atoms with Gasteiger partial charge in [0.05, 0.1) is 18.4 Å². The van der Waals surface area contributed by atoms with Crippen molar-refractivity contribution in [2.24, 2.45) is 0 Å². The smallest absolute Gasteiger partial charge is 0.356 e. The quantitative estimate of drug-likeness (QED) is 0.809. The summed E-state index contributed by atoms with van der Waals surface area (Å²) in [5.74, 6) is -0.991. The summed E-state index contributed by atoms with van der Waals surface area (Å²) in [6.45, 7) is 4.00. The fourth-order valence-corrected chi connectivity index (χ4v) is 1.85. The molecular weight excluding hydrogens is 208 g/mol. The lowest BCUT2D eigenvalue weighted by Crippen LogP contribution is -2.41. The van der Waals surface area contributed by atoms with Crippen LogP contribution in [0.4, 0.5) is 5.69 Å². The lowest BCUT2D eigenvalue weighted by atomic mass is 10.2. The van der Waals surface area contributed by atoms with Gasteiger partial charge in [-0.3, -0.25) is 0 Å². The Hall–Kier alpha value is -1.62. The summed E-state index contributed by atoms with van der Waals surface area (Å²) >= 11 is 0. The molecule has 1 aliphatic rings. The van der Waals surface area contributed by atoms with Crippen molar-refractivity contribution in [3.63, 3.8) is 0 Å². The van der Waals surface area contributed by atoms with Crippen LogP contribution in [0.5, 0.6) is 0 Å². The van der Waals surface area contributed by atoms with Crippen LogP contribution in [0, 0.1) is 0 Å². The Morgan fingerprint density at radius 1 is 1.69 bits per heavy atom. The van der Waals surface area contributed by atoms with Crippen LogP contribution in [-0.4, -0.2) is 41.9 Å². The first-order valence-corrected chi connectivity index (χ1v) is 5.23. The highest BCUT2D eigenvalue weighted by Gasteiger charge is 2.21. The number of aromatic nitrogens is 1. The second-order valence-electron chi connectivity index (χ2n) is 3.80. The standard InChI is InChI=1S/C11H14N2O3/c1-8-7-13(5-6-16-8)9-3-2-4-12-10(9)11(14)15/h2-4,8H,5-7H2,1H3,(H,14,15). The monoisotopic (exact) mass is 222 g/mol. The molecule has 16 heavy (non-hydrogen) atoms. The molecule has 0 saturated carbocycles. The Labute approximate surface area is 93.7 Å². The molecule has 1 aromatic heterocycles. The van der Waals surface area contributed by atoms with Crippen molar-refractivity contribution in [3.8, 4) is 0 Å². The predicted octanol–water partition coefficient (Wildman–Crippen LogP) is 1.00. The van der Waals surface area contributed by atoms with Gasteiger partial charge in [-0.2, -0.15) is 0 Å². The van der Waals surface area contributed by atoms with E-state index in [0.717, 1.165) is 0 Å². The number of anilines is 1. The Morgan fingerprint density at radius 2 is 2.50 bits per heavy atom. The zero-order chi connectivity index (χ0) is 11.5. The molecule has 0 bridgehead atoms. The lowest BCUT2D eigenvalue weighted by molar-refractivity contribution is 0.0527. The van der Waals surface area contributed by atoms with Crippen LogP contribution in [0.2, 0.25) is 0 Å². The van der Waals surface area contributed by atoms with E-state index in [4.69, 9.17) is 9.84 Å². The Kier molecular flexibility index (Phi) is 3.05. The number of carboxylic acids is 1. The van der Waals surface area contributed by atoms with E-state index in [1.165, 1.54) is 6.20 Å². The van der Waals surface area contributed by atoms with Gasteiger partial charge in [0.15, 0.2) is 5.69 Å². The second-order valence-corrected chi connectivity index (χ2v) is 3.80. The highest BCUT2D eigenvalue weighted by Crippen LogP contribution is 2.20. The molecule has 0 amide bonds. The normalized spacial score (nSPS) is 20.8. The van der Waals surface area contributed by atoms with Crippen LogP contribution in [0.25, 0.3) is 0 Å². The third kappa shape index (κ3) is 2.14. The van der Waals surface area contributed by atoms with Crippen LogP contribution in [-0.2, 0) is 4.74 Å². The molecule has 0 radical (unpaired) electrons. The van der Waals surface area contributed by atoms with Crippen LogP contribution >= 0.6 is 0 Å². The highest BCUT2D eigenvalue weighted by molar-refractivity contribution is 5.92. The molecule has 1 saturated heterocycles. The highest BCUT2D eigenvalue weighted by atomic mass is 16.5. The average Bonchev–Trinajstić information content (AvgIpc) is 2.29. The number of ether oxygens (including phenoxy) is 1. The molecule has 1 aromatic rings. The number of carbonyl (C=O) groups is 1. The molecule has 2 rings (SSSR count). The van der Waals surface area contributed by atoms with Crippen molar-refractivity contribution in [1.29, 1.82) is 0 Å². The number of carboxylic acid groups (broad SMARTS) is 1. The van der Waals surface area contributed by atoms with Gasteiger partial charge in [0.2, 0.25) is 0 Å². The molecule has 5 nitrogen and oxygen atoms in total. The van der Waals surface area contributed by atoms with Crippen molar-refractivity contribution in [2.75, 3.05) is 24.6 Å². The number of rotatable bonds is 2. The van der Waals surface area contributed by atoms with Gasteiger partial charge in [-0.25, -0.2) is 9.78 Å². The first-order valence-electron chi connectivity index (χ1n) is 5.23. The third-order valence-corrected chi connectivity index (χ3v) is 2.57. The first-order chi connectivity index (χ1) is 7.68. The molecule has 0 spiro atoms. The van der Waals surface area contributed by atoms with E-state index in [2.05, 4.69) is 4.98 Å². The molecule has 1 fully saturated rings. The van der Waals surface area contributed by atoms with Gasteiger partial charge in [0, 0.05) is 19.3 Å². The van der Waals surface area contributed by atoms with Gasteiger partial charge in [0.1, 0.15) is 0 Å². The summed E-state index contributed by atoms with van der Waals surface area (Å²) in [6, 6.07) is 3.54. The molecule has 0 aliphatic carbocycles. The van der Waals surface area contributed by atoms with Gasteiger partial charge in [-0.05, 0) is 19.1 Å². The molecule has 1 N–H and O–H groups in total. The first kappa shape index (κ1) is 10.9. The van der Waals surface area contributed by atoms with E-state index in [1.54, 1.807) is 12.1 Å². The minimum absolute atomic E-state index is 0.108. The molecule has 2 heterocycles. The van der Waals surface area contributed by atoms with E-state index in [1.807, 2.05) is 11.8 Å². The van der Waals surface area contributed by atoms with Gasteiger partial charge in [0.25, 0.3) is 0 Å². The zero-order valence-electron chi connectivity index (χ0n) is 9.09. The Bertz CT molecular complexity index is 395. The second kappa shape index (κ2) is 4.49. The Balaban J connectivity index is 2.28. The topological polar surface area (TPSA) is 62.7 Å². The average molecular weight is 222 g/mol. The number of morpholine rings is 1. The van der Waals surface area contributed by atoms with E-state index >= 15 is 0 Å². The number of hydrogen-bond acceptors (Lipinski definition) is 4. The molecule has 1 unspecified atom stereocenters. The minimum atomic E-state index is -0.991. The van der Waals surface area contributed by atoms with Gasteiger partial charge < -0.3 is 14.7 Å². The molecule has 0 aromatic carbocycles. The van der Waals surface area contributed by atoms with Crippen LogP contribution in [0.3, 0.4) is 0 Å². The summed E-state index contributed by atoms with van der Waals surface area (Å²) in [6.07, 6.45) is 1.62. The van der Waals surface area contributed by atoms with Crippen LogP contribution in [0.15, 0.2) is 18.3 Å². The van der Waals surface area contributed by atoms with Crippen molar-refractivity contribution in [3.05, 3.63) is 24.0 Å². The van der Waals surface area contributed by atoms with Gasteiger partial charge in [-0.1, -0.05) is 0 Å². The van der Waals surface area contributed by atoms with Crippen LogP contribution in [0.1, 0.15) is 17.4 Å². The maximum absolute atomic E-state index is 11.0. The minimum Gasteiger partial charge on any atom is -0.476 e. The molecule has 5 heteroatoms. The Morgan fingerprint density at radius 3 is 3.19 bits per heavy atom. The van der Waals surface area contributed by atoms with E-state index < -0.39 is 5.97 Å². The third-order valence-electron chi connectivity index (χ3n) is 2.57. The maximum atomic E-state index is 11.0. The zero-order valence-corrected chi connectivity index (χ0v) is 9.09. The van der Waals surface area contributed by atoms with E-state index in [9.17, 15) is 4.79 Å². The lowest BCUT2D eigenvalue weighted by Gasteiger charge is -2.33. The largest absolute Gasteiger partial charge is 0.476 e. The molecule has 1 aliphatic heterocycles. The number of pyridine rings is 1.